The predicted molar refractivity (Wildman–Crippen MR) is 102 cm³/mol. The van der Waals surface area contributed by atoms with Crippen LogP contribution in [0.4, 0.5) is 5.69 Å². The lowest BCUT2D eigenvalue weighted by Gasteiger charge is -2.26. The van der Waals surface area contributed by atoms with Gasteiger partial charge in [-0.3, -0.25) is 9.79 Å². The van der Waals surface area contributed by atoms with E-state index in [1.807, 2.05) is 42.5 Å². The number of hydrogen-bond acceptors (Lipinski definition) is 2. The maximum absolute atomic E-state index is 11.9. The number of carbonyl (C=O) groups is 1. The van der Waals surface area contributed by atoms with E-state index < -0.39 is 0 Å². The van der Waals surface area contributed by atoms with Gasteiger partial charge in [0.15, 0.2) is 5.96 Å². The summed E-state index contributed by atoms with van der Waals surface area (Å²) < 4.78 is 0. The molecular formula is C19H21ClN4O. The van der Waals surface area contributed by atoms with Crippen LogP contribution < -0.4 is 16.0 Å². The molecule has 3 rings (SSSR count). The van der Waals surface area contributed by atoms with Crippen molar-refractivity contribution in [2.45, 2.75) is 18.9 Å². The second-order valence-corrected chi connectivity index (χ2v) is 6.41. The van der Waals surface area contributed by atoms with Crippen molar-refractivity contribution in [3.63, 3.8) is 0 Å². The zero-order chi connectivity index (χ0) is 17.6. The van der Waals surface area contributed by atoms with Gasteiger partial charge < -0.3 is 16.0 Å². The summed E-state index contributed by atoms with van der Waals surface area (Å²) >= 11 is 5.90. The van der Waals surface area contributed by atoms with Crippen molar-refractivity contribution in [1.82, 2.24) is 10.6 Å². The van der Waals surface area contributed by atoms with Crippen LogP contribution in [0.1, 0.15) is 23.5 Å². The lowest BCUT2D eigenvalue weighted by molar-refractivity contribution is -0.116. The van der Waals surface area contributed by atoms with Gasteiger partial charge in [0.25, 0.3) is 0 Å². The Morgan fingerprint density at radius 3 is 2.72 bits per heavy atom. The van der Waals surface area contributed by atoms with Gasteiger partial charge in [0.05, 0.1) is 0 Å². The number of nitrogens with zero attached hydrogens (tertiary/aromatic N) is 1. The lowest BCUT2D eigenvalue weighted by atomic mass is 9.90. The minimum absolute atomic E-state index is 0.0506. The summed E-state index contributed by atoms with van der Waals surface area (Å²) in [5, 5.41) is 10.2. The molecule has 5 nitrogen and oxygen atoms in total. The fourth-order valence-electron chi connectivity index (χ4n) is 2.91. The third-order valence-corrected chi connectivity index (χ3v) is 4.47. The van der Waals surface area contributed by atoms with Crippen LogP contribution in [0.25, 0.3) is 0 Å². The topological polar surface area (TPSA) is 65.5 Å². The molecular weight excluding hydrogens is 336 g/mol. The number of benzene rings is 2. The Labute approximate surface area is 152 Å². The Balaban J connectivity index is 1.58. The fraction of sp³-hybridized carbons (Fsp3) is 0.263. The Morgan fingerprint density at radius 2 is 1.96 bits per heavy atom. The number of amides is 1. The van der Waals surface area contributed by atoms with E-state index in [1.165, 1.54) is 0 Å². The first-order valence-electron chi connectivity index (χ1n) is 8.23. The van der Waals surface area contributed by atoms with E-state index in [1.54, 1.807) is 7.05 Å². The van der Waals surface area contributed by atoms with Crippen molar-refractivity contribution in [1.29, 1.82) is 0 Å². The molecule has 130 valence electrons. The maximum Gasteiger partial charge on any atom is 0.225 e. The number of para-hydroxylation sites is 1. The van der Waals surface area contributed by atoms with Gasteiger partial charge in [-0.15, -0.1) is 0 Å². The van der Waals surface area contributed by atoms with Gasteiger partial charge in [0, 0.05) is 43.2 Å². The Kier molecular flexibility index (Phi) is 5.56. The van der Waals surface area contributed by atoms with E-state index in [0.29, 0.717) is 25.5 Å². The molecule has 2 aromatic rings. The molecule has 0 saturated heterocycles. The number of nitrogens with one attached hydrogen (secondary N) is 3. The van der Waals surface area contributed by atoms with Crippen molar-refractivity contribution >= 4 is 29.2 Å². The molecule has 0 bridgehead atoms. The summed E-state index contributed by atoms with van der Waals surface area (Å²) in [7, 11) is 1.73. The molecule has 0 aliphatic carbocycles. The molecule has 1 unspecified atom stereocenters. The van der Waals surface area contributed by atoms with Crippen molar-refractivity contribution < 1.29 is 4.79 Å². The van der Waals surface area contributed by atoms with E-state index in [-0.39, 0.29) is 11.8 Å². The average Bonchev–Trinajstić information content (AvgIpc) is 2.63. The molecule has 0 spiro atoms. The molecule has 0 radical (unpaired) electrons. The third-order valence-electron chi connectivity index (χ3n) is 4.22. The van der Waals surface area contributed by atoms with Crippen molar-refractivity contribution in [3.8, 4) is 0 Å². The first-order chi connectivity index (χ1) is 12.2. The van der Waals surface area contributed by atoms with Crippen LogP contribution in [0.15, 0.2) is 53.5 Å². The summed E-state index contributed by atoms with van der Waals surface area (Å²) in [4.78, 5) is 16.1. The van der Waals surface area contributed by atoms with E-state index in [9.17, 15) is 4.79 Å². The first-order valence-corrected chi connectivity index (χ1v) is 8.61. The Morgan fingerprint density at radius 1 is 1.20 bits per heavy atom. The minimum Gasteiger partial charge on any atom is -0.356 e. The number of rotatable bonds is 4. The summed E-state index contributed by atoms with van der Waals surface area (Å²) in [6, 6.07) is 15.6. The van der Waals surface area contributed by atoms with Crippen LogP contribution >= 0.6 is 11.6 Å². The third kappa shape index (κ3) is 4.51. The Bertz CT molecular complexity index is 773. The molecule has 1 aliphatic heterocycles. The molecule has 2 aromatic carbocycles. The van der Waals surface area contributed by atoms with Gasteiger partial charge >= 0.3 is 0 Å². The number of hydrogen-bond donors (Lipinski definition) is 3. The van der Waals surface area contributed by atoms with E-state index >= 15 is 0 Å². The average molecular weight is 357 g/mol. The maximum atomic E-state index is 11.9. The summed E-state index contributed by atoms with van der Waals surface area (Å²) in [6.07, 6.45) is 0.470. The molecule has 3 N–H and O–H groups in total. The molecule has 0 fully saturated rings. The number of anilines is 1. The quantitative estimate of drug-likeness (QED) is 0.582. The van der Waals surface area contributed by atoms with E-state index in [2.05, 4.69) is 27.0 Å². The normalized spacial score (nSPS) is 16.8. The highest BCUT2D eigenvalue weighted by molar-refractivity contribution is 6.30. The molecule has 1 heterocycles. The van der Waals surface area contributed by atoms with Gasteiger partial charge in [-0.2, -0.15) is 0 Å². The lowest BCUT2D eigenvalue weighted by Crippen LogP contribution is -2.40. The molecule has 1 aliphatic rings. The van der Waals surface area contributed by atoms with Crippen molar-refractivity contribution in [3.05, 3.63) is 64.7 Å². The first kappa shape index (κ1) is 17.3. The molecule has 1 amide bonds. The second-order valence-electron chi connectivity index (χ2n) is 5.97. The molecule has 1 atom stereocenters. The zero-order valence-electron chi connectivity index (χ0n) is 14.1. The smallest absolute Gasteiger partial charge is 0.225 e. The number of fused-ring (bicyclic) bond motifs is 1. The van der Waals surface area contributed by atoms with Crippen LogP contribution in [0.2, 0.25) is 5.02 Å². The zero-order valence-corrected chi connectivity index (χ0v) is 14.8. The number of halogens is 1. The van der Waals surface area contributed by atoms with Gasteiger partial charge in [0.2, 0.25) is 5.91 Å². The largest absolute Gasteiger partial charge is 0.356 e. The van der Waals surface area contributed by atoms with Crippen LogP contribution in [0.3, 0.4) is 0 Å². The summed E-state index contributed by atoms with van der Waals surface area (Å²) in [5.74, 6) is 0.882. The number of carbonyl (C=O) groups excluding carboxylic acids is 1. The van der Waals surface area contributed by atoms with Crippen LogP contribution in [-0.2, 0) is 11.3 Å². The van der Waals surface area contributed by atoms with Crippen molar-refractivity contribution in [2.75, 3.05) is 18.9 Å². The van der Waals surface area contributed by atoms with Gasteiger partial charge in [0.1, 0.15) is 0 Å². The SMILES string of the molecule is CN=C(NCc1ccc(Cl)cc1)NCC1CC(=O)Nc2ccccc21. The molecule has 6 heteroatoms. The monoisotopic (exact) mass is 356 g/mol. The van der Waals surface area contributed by atoms with Gasteiger partial charge in [-0.05, 0) is 29.3 Å². The summed E-state index contributed by atoms with van der Waals surface area (Å²) in [5.41, 5.74) is 3.17. The van der Waals surface area contributed by atoms with Crippen LogP contribution in [-0.4, -0.2) is 25.5 Å². The number of aliphatic imine (C=N–C) groups is 1. The molecule has 25 heavy (non-hydrogen) atoms. The van der Waals surface area contributed by atoms with Gasteiger partial charge in [-0.1, -0.05) is 41.9 Å². The highest BCUT2D eigenvalue weighted by Crippen LogP contribution is 2.31. The molecule has 0 saturated carbocycles. The highest BCUT2D eigenvalue weighted by atomic mass is 35.5. The number of guanidine groups is 1. The Hall–Kier alpha value is -2.53. The highest BCUT2D eigenvalue weighted by Gasteiger charge is 2.24. The fourth-order valence-corrected chi connectivity index (χ4v) is 3.04. The standard InChI is InChI=1S/C19H21ClN4O/c1-21-19(22-11-13-6-8-15(20)9-7-13)23-12-14-10-18(25)24-17-5-3-2-4-16(14)17/h2-9,14H,10-12H2,1H3,(H,24,25)(H2,21,22,23). The predicted octanol–water partition coefficient (Wildman–Crippen LogP) is 3.13. The van der Waals surface area contributed by atoms with Gasteiger partial charge in [-0.25, -0.2) is 0 Å². The van der Waals surface area contributed by atoms with E-state index in [4.69, 9.17) is 11.6 Å². The van der Waals surface area contributed by atoms with Crippen molar-refractivity contribution in [2.24, 2.45) is 4.99 Å². The molecule has 0 aromatic heterocycles. The van der Waals surface area contributed by atoms with Crippen LogP contribution in [0, 0.1) is 0 Å². The van der Waals surface area contributed by atoms with E-state index in [0.717, 1.165) is 21.8 Å². The second kappa shape index (κ2) is 8.03. The minimum atomic E-state index is 0.0506. The summed E-state index contributed by atoms with van der Waals surface area (Å²) in [6.45, 7) is 1.29. The van der Waals surface area contributed by atoms with Crippen LogP contribution in [0.5, 0.6) is 0 Å².